The summed E-state index contributed by atoms with van der Waals surface area (Å²) in [7, 11) is -4.07. The molecule has 11 nitrogen and oxygen atoms in total. The Morgan fingerprint density at radius 2 is 2.05 bits per heavy atom. The first-order valence-electron chi connectivity index (χ1n) is 11.9. The highest BCUT2D eigenvalue weighted by Gasteiger charge is 2.46. The summed E-state index contributed by atoms with van der Waals surface area (Å²) in [6.45, 7) is 1.68. The van der Waals surface area contributed by atoms with E-state index >= 15 is 0 Å². The number of carbonyl (C=O) groups is 2. The molecule has 3 aliphatic rings. The molecule has 0 saturated carbocycles. The van der Waals surface area contributed by atoms with Gasteiger partial charge in [-0.05, 0) is 25.0 Å². The second kappa shape index (κ2) is 7.91. The van der Waals surface area contributed by atoms with Gasteiger partial charge in [-0.2, -0.15) is 0 Å². The van der Waals surface area contributed by atoms with E-state index in [-0.39, 0.29) is 63.4 Å². The summed E-state index contributed by atoms with van der Waals surface area (Å²) in [6.07, 6.45) is -0.0496. The maximum Gasteiger partial charge on any atom is 0.343 e. The minimum absolute atomic E-state index is 0.00663. The Bertz CT molecular complexity index is 1800. The second-order valence-corrected chi connectivity index (χ2v) is 11.7. The van der Waals surface area contributed by atoms with Gasteiger partial charge in [-0.15, -0.1) is 0 Å². The molecule has 3 N–H and O–H groups in total. The minimum atomic E-state index is -4.07. The highest BCUT2D eigenvalue weighted by molar-refractivity contribution is 7.91. The predicted octanol–water partition coefficient (Wildman–Crippen LogP) is 0.464. The number of carbonyl (C=O) groups excluding carboxylic acids is 2. The molecule has 6 rings (SSSR count). The van der Waals surface area contributed by atoms with Crippen molar-refractivity contribution in [2.75, 3.05) is 12.4 Å². The molecule has 0 saturated heterocycles. The molecule has 1 amide bonds. The van der Waals surface area contributed by atoms with E-state index in [0.717, 1.165) is 6.07 Å². The average Bonchev–Trinajstić information content (AvgIpc) is 3.23. The van der Waals surface area contributed by atoms with Gasteiger partial charge in [0, 0.05) is 28.1 Å². The summed E-state index contributed by atoms with van der Waals surface area (Å²) in [4.78, 5) is 42.5. The third kappa shape index (κ3) is 3.09. The lowest BCUT2D eigenvalue weighted by molar-refractivity contribution is -0.172. The van der Waals surface area contributed by atoms with Gasteiger partial charge in [-0.3, -0.25) is 9.59 Å². The maximum absolute atomic E-state index is 14.9. The summed E-state index contributed by atoms with van der Waals surface area (Å²) < 4.78 is 47.9. The summed E-state index contributed by atoms with van der Waals surface area (Å²) in [5, 5.41) is 23.1. The van der Waals surface area contributed by atoms with Gasteiger partial charge >= 0.3 is 5.97 Å². The number of aliphatic hydroxyl groups excluding tert-OH is 1. The van der Waals surface area contributed by atoms with Crippen LogP contribution in [0.2, 0.25) is 0 Å². The Kier molecular flexibility index (Phi) is 5.13. The van der Waals surface area contributed by atoms with Crippen molar-refractivity contribution in [3.63, 3.8) is 0 Å². The number of esters is 1. The Hall–Kier alpha value is -3.68. The predicted molar refractivity (Wildman–Crippen MR) is 129 cm³/mol. The summed E-state index contributed by atoms with van der Waals surface area (Å²) in [5.41, 5.74) is -1.14. The van der Waals surface area contributed by atoms with Gasteiger partial charge in [-0.25, -0.2) is 22.6 Å². The number of rotatable bonds is 3. The molecule has 1 aromatic carbocycles. The molecule has 198 valence electrons. The first-order valence-corrected chi connectivity index (χ1v) is 13.5. The topological polar surface area (TPSA) is 165 Å². The summed E-state index contributed by atoms with van der Waals surface area (Å²) in [5.74, 6) is -3.05. The lowest BCUT2D eigenvalue weighted by Crippen LogP contribution is -2.44. The zero-order valence-corrected chi connectivity index (χ0v) is 21.1. The van der Waals surface area contributed by atoms with Crippen molar-refractivity contribution >= 4 is 32.6 Å². The normalized spacial score (nSPS) is 22.4. The number of halogens is 1. The molecule has 0 aliphatic carbocycles. The van der Waals surface area contributed by atoms with Crippen LogP contribution in [-0.4, -0.2) is 52.4 Å². The zero-order chi connectivity index (χ0) is 27.3. The fourth-order valence-electron chi connectivity index (χ4n) is 5.82. The Balaban J connectivity index is 1.71. The Morgan fingerprint density at radius 1 is 1.32 bits per heavy atom. The number of pyridine rings is 2. The molecule has 0 fully saturated rings. The van der Waals surface area contributed by atoms with Crippen LogP contribution in [0.25, 0.3) is 22.3 Å². The third-order valence-electron chi connectivity index (χ3n) is 7.68. The van der Waals surface area contributed by atoms with Crippen molar-refractivity contribution in [3.8, 4) is 11.4 Å². The number of aliphatic hydroxyl groups is 2. The van der Waals surface area contributed by atoms with E-state index in [1.165, 1.54) is 17.6 Å². The number of amides is 1. The van der Waals surface area contributed by atoms with Crippen LogP contribution in [0.15, 0.2) is 21.8 Å². The second-order valence-electron chi connectivity index (χ2n) is 9.72. The Labute approximate surface area is 214 Å². The van der Waals surface area contributed by atoms with Crippen LogP contribution in [0, 0.1) is 12.7 Å². The highest BCUT2D eigenvalue weighted by atomic mass is 32.2. The summed E-state index contributed by atoms with van der Waals surface area (Å²) in [6, 6.07) is 1.49. The van der Waals surface area contributed by atoms with Gasteiger partial charge in [-0.1, -0.05) is 6.92 Å². The standard InChI is InChI=1S/C25H22FN3O8S/c1-3-25(34)13-4-17-21-11(6-29(17)23(32)12(13)8-37-24(25)33)19-16(27-18(31)7-30)9-38(35,36)22-10(2)14(26)5-15(28-21)20(19)22/h4-5,16,30,34H,3,6-9H2,1-2H3,(H,27,31)/t16-,25+/m1/s1. The van der Waals surface area contributed by atoms with Crippen LogP contribution in [0.5, 0.6) is 0 Å². The molecule has 2 atom stereocenters. The van der Waals surface area contributed by atoms with E-state index < -0.39 is 57.1 Å². The Morgan fingerprint density at radius 3 is 2.74 bits per heavy atom. The van der Waals surface area contributed by atoms with E-state index in [2.05, 4.69) is 10.3 Å². The van der Waals surface area contributed by atoms with Crippen LogP contribution in [-0.2, 0) is 42.9 Å². The quantitative estimate of drug-likeness (QED) is 0.311. The number of ether oxygens (including phenoxy) is 1. The van der Waals surface area contributed by atoms with E-state index in [4.69, 9.17) is 4.74 Å². The molecule has 3 aliphatic heterocycles. The molecule has 0 bridgehead atoms. The first kappa shape index (κ1) is 24.6. The van der Waals surface area contributed by atoms with Crippen LogP contribution in [0.4, 0.5) is 4.39 Å². The molecule has 2 aromatic heterocycles. The molecule has 13 heteroatoms. The lowest BCUT2D eigenvalue weighted by atomic mass is 9.86. The molecular formula is C25H22FN3O8S. The van der Waals surface area contributed by atoms with Crippen molar-refractivity contribution < 1.29 is 37.3 Å². The first-order chi connectivity index (χ1) is 17.9. The van der Waals surface area contributed by atoms with Crippen molar-refractivity contribution in [2.24, 2.45) is 0 Å². The van der Waals surface area contributed by atoms with E-state index in [0.29, 0.717) is 11.1 Å². The molecule has 5 heterocycles. The number of nitrogens with zero attached hydrogens (tertiary/aromatic N) is 2. The van der Waals surface area contributed by atoms with Crippen LogP contribution < -0.4 is 10.9 Å². The van der Waals surface area contributed by atoms with Crippen LogP contribution in [0.1, 0.15) is 47.2 Å². The van der Waals surface area contributed by atoms with E-state index in [1.807, 2.05) is 0 Å². The monoisotopic (exact) mass is 543 g/mol. The van der Waals surface area contributed by atoms with Crippen LogP contribution >= 0.6 is 0 Å². The number of sulfone groups is 1. The largest absolute Gasteiger partial charge is 0.458 e. The van der Waals surface area contributed by atoms with E-state index in [9.17, 15) is 37.4 Å². The molecule has 0 spiro atoms. The van der Waals surface area contributed by atoms with Crippen molar-refractivity contribution in [2.45, 2.75) is 50.0 Å². The molecular weight excluding hydrogens is 521 g/mol. The number of cyclic esters (lactones) is 1. The number of nitrogens with one attached hydrogen (secondary N) is 1. The molecule has 3 aromatic rings. The third-order valence-corrected chi connectivity index (χ3v) is 9.59. The number of aromatic nitrogens is 2. The van der Waals surface area contributed by atoms with Gasteiger partial charge < -0.3 is 24.8 Å². The van der Waals surface area contributed by atoms with Gasteiger partial charge in [0.1, 0.15) is 19.0 Å². The lowest BCUT2D eigenvalue weighted by Gasteiger charge is -2.31. The fourth-order valence-corrected chi connectivity index (χ4v) is 7.77. The average molecular weight is 544 g/mol. The van der Waals surface area contributed by atoms with Crippen LogP contribution in [0.3, 0.4) is 0 Å². The molecule has 0 radical (unpaired) electrons. The van der Waals surface area contributed by atoms with Crippen molar-refractivity contribution in [3.05, 3.63) is 56.1 Å². The van der Waals surface area contributed by atoms with Crippen molar-refractivity contribution in [1.82, 2.24) is 14.9 Å². The van der Waals surface area contributed by atoms with Gasteiger partial charge in [0.2, 0.25) is 5.91 Å². The van der Waals surface area contributed by atoms with Gasteiger partial charge in [0.15, 0.2) is 15.4 Å². The number of hydrogen-bond donors (Lipinski definition) is 3. The maximum atomic E-state index is 14.9. The zero-order valence-electron chi connectivity index (χ0n) is 20.3. The summed E-state index contributed by atoms with van der Waals surface area (Å²) >= 11 is 0. The van der Waals surface area contributed by atoms with Gasteiger partial charge in [0.25, 0.3) is 5.56 Å². The highest BCUT2D eigenvalue weighted by Crippen LogP contribution is 2.46. The SMILES string of the molecule is CC[C@@]1(O)C(=O)OCc2c1cc1n(c2=O)Cc2c-1nc1cc(F)c(C)c3c1c2[C@H](NC(=O)CO)CS3(=O)=O. The number of hydrogen-bond acceptors (Lipinski definition) is 9. The fraction of sp³-hybridized carbons (Fsp3) is 0.360. The number of benzene rings is 1. The molecule has 0 unspecified atom stereocenters. The van der Waals surface area contributed by atoms with Crippen molar-refractivity contribution in [1.29, 1.82) is 0 Å². The molecule has 38 heavy (non-hydrogen) atoms. The van der Waals surface area contributed by atoms with E-state index in [1.54, 1.807) is 6.92 Å². The number of fused-ring (bicyclic) bond motifs is 5. The smallest absolute Gasteiger partial charge is 0.343 e. The van der Waals surface area contributed by atoms with Gasteiger partial charge in [0.05, 0.1) is 45.7 Å². The minimum Gasteiger partial charge on any atom is -0.458 e.